The molecule has 0 radical (unpaired) electrons. The van der Waals surface area contributed by atoms with Crippen LogP contribution in [0.1, 0.15) is 12.8 Å². The Morgan fingerprint density at radius 3 is 2.87 bits per heavy atom. The van der Waals surface area contributed by atoms with Crippen molar-refractivity contribution in [3.8, 4) is 11.5 Å². The fourth-order valence-corrected chi connectivity index (χ4v) is 2.35. The standard InChI is InChI=1S/C11H14N6O5S/c1-6(18)9(11(19)20)17-23(21)14-5-8-15-10(16-22-8)7-4-12-2-3-13-7/h2-4,6,9,14,17-18H,5H2,1H3,(H,19,20)/t6?,9-,23?/m0/s1. The molecule has 0 aliphatic rings. The summed E-state index contributed by atoms with van der Waals surface area (Å²) in [6.45, 7) is 1.20. The van der Waals surface area contributed by atoms with Crippen molar-refractivity contribution in [2.24, 2.45) is 0 Å². The van der Waals surface area contributed by atoms with Crippen molar-refractivity contribution >= 4 is 17.1 Å². The van der Waals surface area contributed by atoms with Crippen LogP contribution in [0, 0.1) is 0 Å². The lowest BCUT2D eigenvalue weighted by atomic mass is 10.2. The number of aliphatic hydroxyl groups is 1. The van der Waals surface area contributed by atoms with E-state index in [4.69, 9.17) is 9.63 Å². The summed E-state index contributed by atoms with van der Waals surface area (Å²) >= 11 is -1.92. The zero-order chi connectivity index (χ0) is 16.8. The molecule has 23 heavy (non-hydrogen) atoms. The number of nitrogens with zero attached hydrogens (tertiary/aromatic N) is 4. The summed E-state index contributed by atoms with van der Waals surface area (Å²) in [5.41, 5.74) is 0.418. The van der Waals surface area contributed by atoms with Gasteiger partial charge < -0.3 is 14.7 Å². The molecule has 12 heteroatoms. The van der Waals surface area contributed by atoms with E-state index in [9.17, 15) is 14.1 Å². The van der Waals surface area contributed by atoms with E-state index >= 15 is 0 Å². The second kappa shape index (κ2) is 7.82. The molecule has 2 heterocycles. The summed E-state index contributed by atoms with van der Waals surface area (Å²) in [5.74, 6) is -0.969. The van der Waals surface area contributed by atoms with Crippen molar-refractivity contribution in [2.75, 3.05) is 0 Å². The summed E-state index contributed by atoms with van der Waals surface area (Å²) in [4.78, 5) is 22.8. The molecule has 2 aromatic rings. The highest BCUT2D eigenvalue weighted by atomic mass is 32.2. The summed E-state index contributed by atoms with van der Waals surface area (Å²) in [5, 5.41) is 21.9. The second-order valence-electron chi connectivity index (χ2n) is 4.37. The van der Waals surface area contributed by atoms with E-state index in [1.54, 1.807) is 0 Å². The van der Waals surface area contributed by atoms with Crippen LogP contribution >= 0.6 is 0 Å². The molecular formula is C11H14N6O5S. The lowest BCUT2D eigenvalue weighted by Crippen LogP contribution is -2.48. The van der Waals surface area contributed by atoms with E-state index in [0.717, 1.165) is 0 Å². The van der Waals surface area contributed by atoms with Gasteiger partial charge in [-0.15, -0.1) is 0 Å². The largest absolute Gasteiger partial charge is 0.480 e. The zero-order valence-electron chi connectivity index (χ0n) is 11.9. The van der Waals surface area contributed by atoms with Crippen molar-refractivity contribution in [3.63, 3.8) is 0 Å². The lowest BCUT2D eigenvalue weighted by molar-refractivity contribution is -0.141. The maximum Gasteiger partial charge on any atom is 0.324 e. The number of hydrogen-bond acceptors (Lipinski definition) is 8. The molecule has 0 spiro atoms. The normalized spacial score (nSPS) is 15.0. The fraction of sp³-hybridized carbons (Fsp3) is 0.364. The molecule has 0 saturated heterocycles. The first-order valence-electron chi connectivity index (χ1n) is 6.38. The number of carbonyl (C=O) groups is 1. The smallest absolute Gasteiger partial charge is 0.324 e. The molecule has 3 atom stereocenters. The Kier molecular flexibility index (Phi) is 5.81. The molecule has 0 bridgehead atoms. The number of carboxylic acid groups (broad SMARTS) is 1. The van der Waals surface area contributed by atoms with Crippen LogP contribution in [0.25, 0.3) is 11.5 Å². The number of nitrogens with one attached hydrogen (secondary N) is 2. The number of aliphatic carboxylic acids is 1. The topological polar surface area (TPSA) is 163 Å². The van der Waals surface area contributed by atoms with Gasteiger partial charge in [-0.1, -0.05) is 5.16 Å². The van der Waals surface area contributed by atoms with Gasteiger partial charge in [-0.05, 0) is 6.92 Å². The molecule has 2 unspecified atom stereocenters. The molecular weight excluding hydrogens is 328 g/mol. The molecule has 0 fully saturated rings. The molecule has 0 amide bonds. The number of aliphatic hydroxyl groups excluding tert-OH is 1. The maximum atomic E-state index is 11.7. The third kappa shape index (κ3) is 4.85. The van der Waals surface area contributed by atoms with E-state index in [0.29, 0.717) is 5.69 Å². The average molecular weight is 342 g/mol. The summed E-state index contributed by atoms with van der Waals surface area (Å²) in [6, 6.07) is -1.37. The number of carboxylic acids is 1. The van der Waals surface area contributed by atoms with E-state index in [2.05, 4.69) is 29.6 Å². The van der Waals surface area contributed by atoms with E-state index in [1.807, 2.05) is 0 Å². The Bertz CT molecular complexity index is 679. The second-order valence-corrected chi connectivity index (χ2v) is 5.43. The van der Waals surface area contributed by atoms with Gasteiger partial charge in [-0.3, -0.25) is 9.78 Å². The molecule has 4 N–H and O–H groups in total. The van der Waals surface area contributed by atoms with Crippen LogP contribution in [-0.2, 0) is 22.5 Å². The van der Waals surface area contributed by atoms with Crippen LogP contribution in [-0.4, -0.2) is 52.6 Å². The predicted molar refractivity (Wildman–Crippen MR) is 76.5 cm³/mol. The number of rotatable bonds is 8. The van der Waals surface area contributed by atoms with E-state index < -0.39 is 29.3 Å². The van der Waals surface area contributed by atoms with Gasteiger partial charge >= 0.3 is 5.97 Å². The highest BCUT2D eigenvalue weighted by Gasteiger charge is 2.24. The summed E-state index contributed by atoms with van der Waals surface area (Å²) in [7, 11) is 0. The predicted octanol–water partition coefficient (Wildman–Crippen LogP) is -1.38. The molecule has 11 nitrogen and oxygen atoms in total. The van der Waals surface area contributed by atoms with Crippen LogP contribution in [0.15, 0.2) is 23.1 Å². The van der Waals surface area contributed by atoms with Crippen molar-refractivity contribution in [1.82, 2.24) is 29.6 Å². The van der Waals surface area contributed by atoms with Gasteiger partial charge in [0.15, 0.2) is 11.2 Å². The van der Waals surface area contributed by atoms with Crippen LogP contribution in [0.5, 0.6) is 0 Å². The molecule has 2 aromatic heterocycles. The minimum Gasteiger partial charge on any atom is -0.480 e. The first-order chi connectivity index (χ1) is 11.0. The number of hydrogen-bond donors (Lipinski definition) is 4. The van der Waals surface area contributed by atoms with Crippen molar-refractivity contribution < 1.29 is 23.7 Å². The lowest BCUT2D eigenvalue weighted by Gasteiger charge is -2.15. The van der Waals surface area contributed by atoms with Crippen LogP contribution in [0.4, 0.5) is 0 Å². The first kappa shape index (κ1) is 17.1. The van der Waals surface area contributed by atoms with Crippen LogP contribution in [0.2, 0.25) is 0 Å². The molecule has 0 saturated carbocycles. The van der Waals surface area contributed by atoms with Gasteiger partial charge in [-0.2, -0.15) is 4.98 Å². The Labute approximate surface area is 132 Å². The monoisotopic (exact) mass is 342 g/mol. The van der Waals surface area contributed by atoms with E-state index in [1.165, 1.54) is 25.5 Å². The van der Waals surface area contributed by atoms with Gasteiger partial charge in [0.2, 0.25) is 11.7 Å². The summed E-state index contributed by atoms with van der Waals surface area (Å²) < 4.78 is 21.3. The Morgan fingerprint density at radius 1 is 1.48 bits per heavy atom. The Hall–Kier alpha value is -2.28. The van der Waals surface area contributed by atoms with Crippen molar-refractivity contribution in [2.45, 2.75) is 25.6 Å². The van der Waals surface area contributed by atoms with Crippen molar-refractivity contribution in [3.05, 3.63) is 24.5 Å². The molecule has 2 rings (SSSR count). The third-order valence-corrected chi connectivity index (χ3v) is 3.47. The number of aromatic nitrogens is 4. The molecule has 0 aromatic carbocycles. The van der Waals surface area contributed by atoms with Gasteiger partial charge in [0.25, 0.3) is 0 Å². The quantitative estimate of drug-likeness (QED) is 0.452. The summed E-state index contributed by atoms with van der Waals surface area (Å²) in [6.07, 6.45) is 3.22. The van der Waals surface area contributed by atoms with Gasteiger partial charge in [-0.25, -0.2) is 18.6 Å². The zero-order valence-corrected chi connectivity index (χ0v) is 12.7. The highest BCUT2D eigenvalue weighted by molar-refractivity contribution is 7.81. The average Bonchev–Trinajstić information content (AvgIpc) is 3.00. The molecule has 0 aliphatic heterocycles. The Balaban J connectivity index is 1.90. The SMILES string of the molecule is CC(O)[C@H](NS(=O)NCc1nc(-c2cnccn2)no1)C(=O)O. The third-order valence-electron chi connectivity index (χ3n) is 2.60. The van der Waals surface area contributed by atoms with Gasteiger partial charge in [0.05, 0.1) is 18.8 Å². The molecule has 0 aliphatic carbocycles. The van der Waals surface area contributed by atoms with Crippen LogP contribution < -0.4 is 9.44 Å². The fourth-order valence-electron chi connectivity index (χ4n) is 1.48. The van der Waals surface area contributed by atoms with E-state index in [-0.39, 0.29) is 18.3 Å². The van der Waals surface area contributed by atoms with Gasteiger partial charge in [0, 0.05) is 12.4 Å². The molecule has 124 valence electrons. The highest BCUT2D eigenvalue weighted by Crippen LogP contribution is 2.10. The van der Waals surface area contributed by atoms with Crippen molar-refractivity contribution in [1.29, 1.82) is 0 Å². The van der Waals surface area contributed by atoms with Gasteiger partial charge in [0.1, 0.15) is 11.7 Å². The van der Waals surface area contributed by atoms with Crippen LogP contribution in [0.3, 0.4) is 0 Å². The first-order valence-corrected chi connectivity index (χ1v) is 7.53. The minimum atomic E-state index is -1.92. The Morgan fingerprint density at radius 2 is 2.26 bits per heavy atom. The maximum absolute atomic E-state index is 11.7. The minimum absolute atomic E-state index is 0.0704.